The molecule has 2 N–H and O–H groups in total. The van der Waals surface area contributed by atoms with Crippen molar-refractivity contribution in [3.8, 4) is 22.3 Å². The molecule has 0 radical (unpaired) electrons. The van der Waals surface area contributed by atoms with Crippen LogP contribution in [0.5, 0.6) is 0 Å². The van der Waals surface area contributed by atoms with Crippen LogP contribution in [0, 0.1) is 0 Å². The quantitative estimate of drug-likeness (QED) is 0.468. The summed E-state index contributed by atoms with van der Waals surface area (Å²) in [6.07, 6.45) is 0. The van der Waals surface area contributed by atoms with Gasteiger partial charge in [0.25, 0.3) is 0 Å². The molecule has 1 nitrogen and oxygen atoms in total. The van der Waals surface area contributed by atoms with Gasteiger partial charge < -0.3 is 5.73 Å². The molecule has 4 aromatic carbocycles. The van der Waals surface area contributed by atoms with Crippen molar-refractivity contribution in [3.05, 3.63) is 91.0 Å². The maximum Gasteiger partial charge on any atom is 0.0479 e. The first-order chi connectivity index (χ1) is 11.3. The summed E-state index contributed by atoms with van der Waals surface area (Å²) in [4.78, 5) is 0. The van der Waals surface area contributed by atoms with Gasteiger partial charge in [0.05, 0.1) is 0 Å². The van der Waals surface area contributed by atoms with Crippen molar-refractivity contribution < 1.29 is 0 Å². The molecule has 4 rings (SSSR count). The second-order valence-electron chi connectivity index (χ2n) is 5.67. The minimum absolute atomic E-state index is 0.841. The van der Waals surface area contributed by atoms with Crippen LogP contribution >= 0.6 is 0 Å². The molecule has 0 aliphatic carbocycles. The molecule has 23 heavy (non-hydrogen) atoms. The zero-order chi connectivity index (χ0) is 15.6. The summed E-state index contributed by atoms with van der Waals surface area (Å²) in [5.74, 6) is 0. The van der Waals surface area contributed by atoms with Gasteiger partial charge >= 0.3 is 0 Å². The lowest BCUT2D eigenvalue weighted by atomic mass is 9.90. The number of benzene rings is 4. The topological polar surface area (TPSA) is 26.0 Å². The van der Waals surface area contributed by atoms with Crippen LogP contribution in [-0.4, -0.2) is 0 Å². The van der Waals surface area contributed by atoms with E-state index < -0.39 is 0 Å². The largest absolute Gasteiger partial charge is 0.398 e. The van der Waals surface area contributed by atoms with Gasteiger partial charge in [-0.15, -0.1) is 0 Å². The van der Waals surface area contributed by atoms with Gasteiger partial charge in [0.2, 0.25) is 0 Å². The summed E-state index contributed by atoms with van der Waals surface area (Å²) in [5, 5.41) is 2.27. The second-order valence-corrected chi connectivity index (χ2v) is 5.67. The van der Waals surface area contributed by atoms with Crippen molar-refractivity contribution in [2.24, 2.45) is 0 Å². The summed E-state index contributed by atoms with van der Waals surface area (Å²) in [6, 6.07) is 31.4. The van der Waals surface area contributed by atoms with Crippen LogP contribution in [-0.2, 0) is 0 Å². The third-order valence-corrected chi connectivity index (χ3v) is 4.24. The van der Waals surface area contributed by atoms with Crippen LogP contribution < -0.4 is 5.73 Å². The Hall–Kier alpha value is -3.06. The van der Waals surface area contributed by atoms with Gasteiger partial charge in [0.15, 0.2) is 0 Å². The van der Waals surface area contributed by atoms with Gasteiger partial charge in [0, 0.05) is 16.6 Å². The molecule has 0 aliphatic heterocycles. The fourth-order valence-electron chi connectivity index (χ4n) is 3.14. The molecule has 0 heterocycles. The van der Waals surface area contributed by atoms with Crippen molar-refractivity contribution in [2.75, 3.05) is 5.73 Å². The molecule has 1 heteroatoms. The van der Waals surface area contributed by atoms with E-state index in [9.17, 15) is 0 Å². The minimum Gasteiger partial charge on any atom is -0.398 e. The van der Waals surface area contributed by atoms with Crippen molar-refractivity contribution in [2.45, 2.75) is 0 Å². The van der Waals surface area contributed by atoms with Gasteiger partial charge in [-0.25, -0.2) is 0 Å². The van der Waals surface area contributed by atoms with Crippen LogP contribution in [0.2, 0.25) is 0 Å². The number of hydrogen-bond acceptors (Lipinski definition) is 1. The van der Waals surface area contributed by atoms with Crippen LogP contribution in [0.1, 0.15) is 0 Å². The number of anilines is 1. The third kappa shape index (κ3) is 2.36. The Morgan fingerprint density at radius 1 is 0.565 bits per heavy atom. The molecular weight excluding hydrogens is 278 g/mol. The van der Waals surface area contributed by atoms with E-state index in [1.807, 2.05) is 18.2 Å². The Labute approximate surface area is 136 Å². The molecule has 0 atom stereocenters. The standard InChI is InChI=1S/C22H17N/c23-22-19-14-8-7-13-18(19)15-20(16-9-3-1-4-10-16)21(22)17-11-5-2-6-12-17/h1-15H,23H2. The highest BCUT2D eigenvalue weighted by molar-refractivity contribution is 6.07. The van der Waals surface area contributed by atoms with Crippen molar-refractivity contribution in [3.63, 3.8) is 0 Å². The van der Waals surface area contributed by atoms with E-state index in [0.29, 0.717) is 0 Å². The number of nitrogens with two attached hydrogens (primary N) is 1. The third-order valence-electron chi connectivity index (χ3n) is 4.24. The van der Waals surface area contributed by atoms with Gasteiger partial charge in [-0.3, -0.25) is 0 Å². The molecule has 0 aromatic heterocycles. The van der Waals surface area contributed by atoms with Crippen LogP contribution in [0.4, 0.5) is 5.69 Å². The number of nitrogen functional groups attached to an aromatic ring is 1. The molecule has 0 amide bonds. The Morgan fingerprint density at radius 3 is 1.83 bits per heavy atom. The SMILES string of the molecule is Nc1c(-c2ccccc2)c(-c2ccccc2)cc2ccccc12. The predicted molar refractivity (Wildman–Crippen MR) is 99.2 cm³/mol. The van der Waals surface area contributed by atoms with E-state index in [4.69, 9.17) is 5.73 Å². The highest BCUT2D eigenvalue weighted by atomic mass is 14.6. The number of fused-ring (bicyclic) bond motifs is 1. The normalized spacial score (nSPS) is 10.8. The zero-order valence-corrected chi connectivity index (χ0v) is 12.7. The Balaban J connectivity index is 2.11. The van der Waals surface area contributed by atoms with Gasteiger partial charge in [0.1, 0.15) is 0 Å². The van der Waals surface area contributed by atoms with E-state index >= 15 is 0 Å². The highest BCUT2D eigenvalue weighted by Crippen LogP contribution is 2.41. The van der Waals surface area contributed by atoms with E-state index in [1.54, 1.807) is 0 Å². The lowest BCUT2D eigenvalue weighted by molar-refractivity contribution is 1.60. The smallest absolute Gasteiger partial charge is 0.0479 e. The van der Waals surface area contributed by atoms with Crippen molar-refractivity contribution >= 4 is 16.5 Å². The molecule has 0 unspecified atom stereocenters. The molecule has 0 bridgehead atoms. The second kappa shape index (κ2) is 5.62. The maximum atomic E-state index is 6.59. The molecule has 0 spiro atoms. The number of rotatable bonds is 2. The summed E-state index contributed by atoms with van der Waals surface area (Å²) in [5.41, 5.74) is 12.0. The Morgan fingerprint density at radius 2 is 1.13 bits per heavy atom. The molecule has 110 valence electrons. The van der Waals surface area contributed by atoms with E-state index in [1.165, 1.54) is 16.5 Å². The fraction of sp³-hybridized carbons (Fsp3) is 0. The van der Waals surface area contributed by atoms with Gasteiger partial charge in [-0.1, -0.05) is 84.9 Å². The van der Waals surface area contributed by atoms with Crippen molar-refractivity contribution in [1.82, 2.24) is 0 Å². The van der Waals surface area contributed by atoms with E-state index in [-0.39, 0.29) is 0 Å². The lowest BCUT2D eigenvalue weighted by Gasteiger charge is -2.16. The maximum absolute atomic E-state index is 6.59. The Bertz CT molecular complexity index is 957. The molecule has 0 aliphatic rings. The molecular formula is C22H17N. The molecule has 0 fully saturated rings. The lowest BCUT2D eigenvalue weighted by Crippen LogP contribution is -1.95. The monoisotopic (exact) mass is 295 g/mol. The fourth-order valence-corrected chi connectivity index (χ4v) is 3.14. The van der Waals surface area contributed by atoms with Crippen LogP contribution in [0.3, 0.4) is 0 Å². The summed E-state index contributed by atoms with van der Waals surface area (Å²) in [7, 11) is 0. The molecule has 0 saturated heterocycles. The van der Waals surface area contributed by atoms with E-state index in [2.05, 4.69) is 72.8 Å². The van der Waals surface area contributed by atoms with Crippen LogP contribution in [0.15, 0.2) is 91.0 Å². The van der Waals surface area contributed by atoms with Gasteiger partial charge in [-0.2, -0.15) is 0 Å². The first-order valence-corrected chi connectivity index (χ1v) is 7.76. The first-order valence-electron chi connectivity index (χ1n) is 7.76. The first kappa shape index (κ1) is 13.6. The zero-order valence-electron chi connectivity index (χ0n) is 12.7. The number of hydrogen-bond donors (Lipinski definition) is 1. The average Bonchev–Trinajstić information content (AvgIpc) is 2.63. The summed E-state index contributed by atoms with van der Waals surface area (Å²) >= 11 is 0. The van der Waals surface area contributed by atoms with Crippen LogP contribution in [0.25, 0.3) is 33.0 Å². The van der Waals surface area contributed by atoms with Crippen molar-refractivity contribution in [1.29, 1.82) is 0 Å². The Kier molecular flexibility index (Phi) is 3.32. The van der Waals surface area contributed by atoms with Gasteiger partial charge in [-0.05, 0) is 28.1 Å². The predicted octanol–water partition coefficient (Wildman–Crippen LogP) is 5.76. The minimum atomic E-state index is 0.841. The van der Waals surface area contributed by atoms with E-state index in [0.717, 1.165) is 22.2 Å². The highest BCUT2D eigenvalue weighted by Gasteiger charge is 2.14. The molecule has 4 aromatic rings. The summed E-state index contributed by atoms with van der Waals surface area (Å²) in [6.45, 7) is 0. The summed E-state index contributed by atoms with van der Waals surface area (Å²) < 4.78 is 0. The average molecular weight is 295 g/mol. The molecule has 0 saturated carbocycles.